The number of hydrogen-bond acceptors (Lipinski definition) is 4. The molecular weight excluding hydrogens is 238 g/mol. The molecule has 0 amide bonds. The van der Waals surface area contributed by atoms with E-state index >= 15 is 0 Å². The Labute approximate surface area is 111 Å². The number of rotatable bonds is 4. The maximum atomic E-state index is 4.25. The molecule has 2 heterocycles. The lowest BCUT2D eigenvalue weighted by Crippen LogP contribution is -2.05. The Kier molecular flexibility index (Phi) is 3.18. The highest BCUT2D eigenvalue weighted by Gasteiger charge is 2.03. The van der Waals surface area contributed by atoms with Crippen molar-refractivity contribution in [2.45, 2.75) is 6.54 Å². The molecule has 0 aliphatic carbocycles. The van der Waals surface area contributed by atoms with Crippen LogP contribution in [0.2, 0.25) is 0 Å². The van der Waals surface area contributed by atoms with Crippen LogP contribution in [-0.4, -0.2) is 19.7 Å². The summed E-state index contributed by atoms with van der Waals surface area (Å²) in [4.78, 5) is 8.00. The monoisotopic (exact) mass is 251 g/mol. The van der Waals surface area contributed by atoms with E-state index in [4.69, 9.17) is 0 Å². The van der Waals surface area contributed by atoms with Crippen LogP contribution < -0.4 is 5.32 Å². The first kappa shape index (κ1) is 11.4. The van der Waals surface area contributed by atoms with E-state index < -0.39 is 0 Å². The maximum Gasteiger partial charge on any atom is 0.115 e. The van der Waals surface area contributed by atoms with Gasteiger partial charge in [0.25, 0.3) is 0 Å². The molecule has 0 spiro atoms. The summed E-state index contributed by atoms with van der Waals surface area (Å²) in [5.41, 5.74) is 3.08. The second-order valence-corrected chi connectivity index (χ2v) is 4.07. The molecule has 3 rings (SSSR count). The normalized spacial score (nSPS) is 10.3. The highest BCUT2D eigenvalue weighted by Crippen LogP contribution is 2.19. The predicted molar refractivity (Wildman–Crippen MR) is 72.9 cm³/mol. The van der Waals surface area contributed by atoms with Crippen molar-refractivity contribution in [1.29, 1.82) is 0 Å². The van der Waals surface area contributed by atoms with Crippen LogP contribution in [0.1, 0.15) is 5.56 Å². The summed E-state index contributed by atoms with van der Waals surface area (Å²) in [5, 5.41) is 7.63. The Bertz CT molecular complexity index is 634. The zero-order chi connectivity index (χ0) is 12.9. The zero-order valence-corrected chi connectivity index (χ0v) is 10.3. The molecule has 0 radical (unpaired) electrons. The van der Waals surface area contributed by atoms with Crippen molar-refractivity contribution in [2.75, 3.05) is 5.32 Å². The van der Waals surface area contributed by atoms with E-state index in [0.29, 0.717) is 6.54 Å². The molecule has 0 bridgehead atoms. The van der Waals surface area contributed by atoms with Crippen molar-refractivity contribution in [3.05, 3.63) is 67.0 Å². The summed E-state index contributed by atoms with van der Waals surface area (Å²) < 4.78 is 1.84. The average molecular weight is 251 g/mol. The Morgan fingerprint density at radius 2 is 1.89 bits per heavy atom. The lowest BCUT2D eigenvalue weighted by Gasteiger charge is -2.11. The lowest BCUT2D eigenvalue weighted by atomic mass is 10.2. The molecule has 5 heteroatoms. The molecule has 1 aromatic carbocycles. The van der Waals surface area contributed by atoms with E-state index in [1.807, 2.05) is 41.2 Å². The summed E-state index contributed by atoms with van der Waals surface area (Å²) in [6, 6.07) is 9.95. The van der Waals surface area contributed by atoms with Gasteiger partial charge in [-0.25, -0.2) is 14.6 Å². The smallest absolute Gasteiger partial charge is 0.115 e. The summed E-state index contributed by atoms with van der Waals surface area (Å²) in [6.45, 7) is 0.680. The topological polar surface area (TPSA) is 55.6 Å². The van der Waals surface area contributed by atoms with E-state index in [1.165, 1.54) is 6.33 Å². The molecule has 0 aliphatic rings. The van der Waals surface area contributed by atoms with Gasteiger partial charge in [0.05, 0.1) is 11.4 Å². The number of anilines is 1. The minimum atomic E-state index is 0.680. The number of aromatic nitrogens is 4. The Morgan fingerprint density at radius 1 is 1.05 bits per heavy atom. The quantitative estimate of drug-likeness (QED) is 0.773. The van der Waals surface area contributed by atoms with Crippen LogP contribution >= 0.6 is 0 Å². The maximum absolute atomic E-state index is 4.25. The van der Waals surface area contributed by atoms with E-state index in [0.717, 1.165) is 16.9 Å². The molecule has 0 saturated heterocycles. The second-order valence-electron chi connectivity index (χ2n) is 4.07. The van der Waals surface area contributed by atoms with Gasteiger partial charge >= 0.3 is 0 Å². The van der Waals surface area contributed by atoms with Crippen molar-refractivity contribution in [3.63, 3.8) is 0 Å². The van der Waals surface area contributed by atoms with Gasteiger partial charge in [-0.1, -0.05) is 12.1 Å². The number of para-hydroxylation sites is 2. The highest BCUT2D eigenvalue weighted by molar-refractivity contribution is 5.60. The molecule has 5 nitrogen and oxygen atoms in total. The number of hydrogen-bond donors (Lipinski definition) is 1. The van der Waals surface area contributed by atoms with Crippen molar-refractivity contribution in [3.8, 4) is 5.69 Å². The van der Waals surface area contributed by atoms with Gasteiger partial charge < -0.3 is 5.32 Å². The molecule has 19 heavy (non-hydrogen) atoms. The first-order valence-electron chi connectivity index (χ1n) is 6.00. The second kappa shape index (κ2) is 5.30. The molecule has 1 N–H and O–H groups in total. The van der Waals surface area contributed by atoms with Gasteiger partial charge in [0.2, 0.25) is 0 Å². The average Bonchev–Trinajstić information content (AvgIpc) is 3.01. The van der Waals surface area contributed by atoms with Gasteiger partial charge in [0.1, 0.15) is 6.33 Å². The number of nitrogens with zero attached hydrogens (tertiary/aromatic N) is 4. The van der Waals surface area contributed by atoms with Crippen molar-refractivity contribution >= 4 is 5.69 Å². The van der Waals surface area contributed by atoms with Crippen LogP contribution in [0, 0.1) is 0 Å². The summed E-state index contributed by atoms with van der Waals surface area (Å²) in [6.07, 6.45) is 8.82. The first-order valence-corrected chi connectivity index (χ1v) is 6.00. The molecule has 0 saturated carbocycles. The third-order valence-electron chi connectivity index (χ3n) is 2.75. The first-order chi connectivity index (χ1) is 9.43. The highest BCUT2D eigenvalue weighted by atomic mass is 15.3. The standard InChI is InChI=1S/C14H13N5/c1-2-5-14(19-7-3-6-18-19)13(4-1)17-10-12-8-15-11-16-9-12/h1-9,11,17H,10H2. The summed E-state index contributed by atoms with van der Waals surface area (Å²) in [5.74, 6) is 0. The minimum absolute atomic E-state index is 0.680. The van der Waals surface area contributed by atoms with Gasteiger partial charge in [-0.05, 0) is 18.2 Å². The molecule has 0 aliphatic heterocycles. The van der Waals surface area contributed by atoms with Crippen LogP contribution in [0.3, 0.4) is 0 Å². The minimum Gasteiger partial charge on any atom is -0.379 e. The molecule has 0 unspecified atom stereocenters. The van der Waals surface area contributed by atoms with E-state index in [9.17, 15) is 0 Å². The van der Waals surface area contributed by atoms with E-state index in [-0.39, 0.29) is 0 Å². The predicted octanol–water partition coefficient (Wildman–Crippen LogP) is 2.27. The van der Waals surface area contributed by atoms with Crippen LogP contribution in [-0.2, 0) is 6.54 Å². The number of benzene rings is 1. The van der Waals surface area contributed by atoms with Gasteiger partial charge in [0, 0.05) is 36.9 Å². The van der Waals surface area contributed by atoms with Crippen LogP contribution in [0.4, 0.5) is 5.69 Å². The van der Waals surface area contributed by atoms with Gasteiger partial charge in [0.15, 0.2) is 0 Å². The Balaban J connectivity index is 1.82. The molecular formula is C14H13N5. The van der Waals surface area contributed by atoms with E-state index in [1.54, 1.807) is 18.6 Å². The van der Waals surface area contributed by atoms with Crippen LogP contribution in [0.25, 0.3) is 5.69 Å². The van der Waals surface area contributed by atoms with Gasteiger partial charge in [-0.15, -0.1) is 0 Å². The summed E-state index contributed by atoms with van der Waals surface area (Å²) in [7, 11) is 0. The molecule has 0 fully saturated rings. The molecule has 2 aromatic heterocycles. The van der Waals surface area contributed by atoms with Crippen molar-refractivity contribution in [2.24, 2.45) is 0 Å². The fourth-order valence-electron chi connectivity index (χ4n) is 1.85. The van der Waals surface area contributed by atoms with Crippen LogP contribution in [0.15, 0.2) is 61.4 Å². The largest absolute Gasteiger partial charge is 0.379 e. The van der Waals surface area contributed by atoms with Gasteiger partial charge in [-0.2, -0.15) is 5.10 Å². The zero-order valence-electron chi connectivity index (χ0n) is 10.3. The third-order valence-corrected chi connectivity index (χ3v) is 2.75. The number of nitrogens with one attached hydrogen (secondary N) is 1. The Morgan fingerprint density at radius 3 is 2.68 bits per heavy atom. The fourth-order valence-corrected chi connectivity index (χ4v) is 1.85. The SMILES string of the molecule is c1ccc(-n2cccn2)c(NCc2cncnc2)c1. The summed E-state index contributed by atoms with van der Waals surface area (Å²) >= 11 is 0. The lowest BCUT2D eigenvalue weighted by molar-refractivity contribution is 0.879. The third kappa shape index (κ3) is 2.60. The van der Waals surface area contributed by atoms with Crippen LogP contribution in [0.5, 0.6) is 0 Å². The molecule has 3 aromatic rings. The Hall–Kier alpha value is -2.69. The van der Waals surface area contributed by atoms with Crippen molar-refractivity contribution < 1.29 is 0 Å². The van der Waals surface area contributed by atoms with Crippen molar-refractivity contribution in [1.82, 2.24) is 19.7 Å². The van der Waals surface area contributed by atoms with E-state index in [2.05, 4.69) is 20.4 Å². The fraction of sp³-hybridized carbons (Fsp3) is 0.0714. The van der Waals surface area contributed by atoms with Gasteiger partial charge in [-0.3, -0.25) is 0 Å². The molecule has 0 atom stereocenters. The molecule has 94 valence electrons.